The van der Waals surface area contributed by atoms with E-state index in [2.05, 4.69) is 22.8 Å². The number of hydrogen-bond donors (Lipinski definition) is 3. The molecule has 1 saturated heterocycles. The Morgan fingerprint density at radius 3 is 1.35 bits per heavy atom. The van der Waals surface area contributed by atoms with E-state index in [1.54, 1.807) is 0 Å². The Bertz CT molecular complexity index is 1870. The summed E-state index contributed by atoms with van der Waals surface area (Å²) >= 11 is 0. The maximum atomic E-state index is 13.4. The summed E-state index contributed by atoms with van der Waals surface area (Å²) in [4.78, 5) is 85.6. The monoisotopic (exact) mass is 922 g/mol. The minimum atomic E-state index is -0.949. The van der Waals surface area contributed by atoms with Crippen LogP contribution in [0.15, 0.2) is 48.5 Å². The third kappa shape index (κ3) is 19.4. The number of nitrogens with two attached hydrogens (primary N) is 1. The number of rotatable bonds is 17. The summed E-state index contributed by atoms with van der Waals surface area (Å²) in [6.45, 7) is 20.3. The van der Waals surface area contributed by atoms with Gasteiger partial charge in [-0.1, -0.05) is 48.5 Å². The van der Waals surface area contributed by atoms with Crippen molar-refractivity contribution in [3.8, 4) is 11.1 Å². The van der Waals surface area contributed by atoms with Crippen LogP contribution >= 0.6 is 0 Å². The van der Waals surface area contributed by atoms with Crippen LogP contribution in [0.4, 0.5) is 4.79 Å². The molecule has 4 rings (SSSR count). The SMILES string of the molecule is CC(C)(C)OC(=O)CN1CCN(CC(=O)NCCCC[C@H](NC(=O)OCC2c3ccccc3-c3ccccc32)C(N)=O)CCN(CC(=O)OC(C)(C)C)CCN(CC(=O)OC(C)(C)C)CC1. The van der Waals surface area contributed by atoms with E-state index in [9.17, 15) is 28.8 Å². The normalized spacial score (nSPS) is 16.7. The number of fused-ring (bicyclic) bond motifs is 3. The number of carbonyl (C=O) groups is 6. The van der Waals surface area contributed by atoms with E-state index in [4.69, 9.17) is 24.7 Å². The molecule has 0 aromatic heterocycles. The van der Waals surface area contributed by atoms with E-state index in [0.717, 1.165) is 22.3 Å². The summed E-state index contributed by atoms with van der Waals surface area (Å²) in [6, 6.07) is 15.1. The minimum absolute atomic E-state index is 0.0187. The number of carbonyl (C=O) groups excluding carboxylic acids is 6. The van der Waals surface area contributed by atoms with Crippen LogP contribution in [0.1, 0.15) is 98.6 Å². The predicted octanol–water partition coefficient (Wildman–Crippen LogP) is 3.91. The van der Waals surface area contributed by atoms with Gasteiger partial charge in [0.25, 0.3) is 0 Å². The average molecular weight is 922 g/mol. The molecule has 2 aromatic carbocycles. The van der Waals surface area contributed by atoms with Crippen LogP contribution in [0.25, 0.3) is 11.1 Å². The zero-order chi connectivity index (χ0) is 48.7. The zero-order valence-corrected chi connectivity index (χ0v) is 40.7. The molecule has 1 fully saturated rings. The number of benzene rings is 2. The van der Waals surface area contributed by atoms with E-state index in [1.807, 2.05) is 118 Å². The third-order valence-corrected chi connectivity index (χ3v) is 10.8. The average Bonchev–Trinajstić information content (AvgIpc) is 3.51. The van der Waals surface area contributed by atoms with Gasteiger partial charge in [0.05, 0.1) is 26.2 Å². The summed E-state index contributed by atoms with van der Waals surface area (Å²) in [5, 5.41) is 5.59. The van der Waals surface area contributed by atoms with Crippen molar-refractivity contribution in [2.45, 2.75) is 110 Å². The van der Waals surface area contributed by atoms with E-state index < -0.39 is 34.8 Å². The van der Waals surface area contributed by atoms with Crippen LogP contribution in [0.5, 0.6) is 0 Å². The highest BCUT2D eigenvalue weighted by molar-refractivity contribution is 5.84. The molecular formula is C49H75N7O10. The van der Waals surface area contributed by atoms with Crippen molar-refractivity contribution in [1.82, 2.24) is 30.2 Å². The van der Waals surface area contributed by atoms with Crippen molar-refractivity contribution in [2.24, 2.45) is 5.73 Å². The second kappa shape index (κ2) is 24.6. The van der Waals surface area contributed by atoms with E-state index in [1.165, 1.54) is 0 Å². The van der Waals surface area contributed by atoms with E-state index in [0.29, 0.717) is 71.7 Å². The summed E-state index contributed by atoms with van der Waals surface area (Å²) < 4.78 is 22.6. The van der Waals surface area contributed by atoms with Crippen molar-refractivity contribution in [3.63, 3.8) is 0 Å². The number of ether oxygens (including phenoxy) is 4. The maximum absolute atomic E-state index is 13.4. The third-order valence-electron chi connectivity index (χ3n) is 10.8. The van der Waals surface area contributed by atoms with E-state index in [-0.39, 0.29) is 68.9 Å². The summed E-state index contributed by atoms with van der Waals surface area (Å²) in [5.41, 5.74) is 8.03. The van der Waals surface area contributed by atoms with Gasteiger partial charge in [0.2, 0.25) is 11.8 Å². The van der Waals surface area contributed by atoms with Gasteiger partial charge in [0, 0.05) is 64.8 Å². The van der Waals surface area contributed by atoms with Gasteiger partial charge in [0.1, 0.15) is 29.5 Å². The number of amides is 3. The highest BCUT2D eigenvalue weighted by Gasteiger charge is 2.30. The van der Waals surface area contributed by atoms with Crippen molar-refractivity contribution >= 4 is 35.8 Å². The Hall–Kier alpha value is -5.10. The molecule has 0 saturated carbocycles. The number of primary amides is 1. The summed E-state index contributed by atoms with van der Waals surface area (Å²) in [5.74, 6) is -2.16. The number of esters is 3. The number of nitrogens with one attached hydrogen (secondary N) is 2. The molecule has 1 heterocycles. The highest BCUT2D eigenvalue weighted by Crippen LogP contribution is 2.44. The summed E-state index contributed by atoms with van der Waals surface area (Å²) in [7, 11) is 0. The topological polar surface area (TPSA) is 202 Å². The fraction of sp³-hybridized carbons (Fsp3) is 0.633. The quantitative estimate of drug-likeness (QED) is 0.117. The van der Waals surface area contributed by atoms with Gasteiger partial charge in [-0.25, -0.2) is 4.79 Å². The lowest BCUT2D eigenvalue weighted by Crippen LogP contribution is -2.50. The van der Waals surface area contributed by atoms with Crippen molar-refractivity contribution in [2.75, 3.05) is 91.7 Å². The number of unbranched alkanes of at least 4 members (excludes halogenated alkanes) is 1. The summed E-state index contributed by atoms with van der Waals surface area (Å²) in [6.07, 6.45) is 0.547. The standard InChI is InChI=1S/C49H75N7O10/c1-47(2,3)64-42(58)31-54-24-22-53(23-25-55(32-43(59)65-48(4,5)6)27-29-56(28-26-54)33-44(60)66-49(7,8)9)30-41(57)51-21-15-14-20-40(45(50)61)52-46(62)63-34-39-37-18-12-10-16-35(37)36-17-11-13-19-38(36)39/h10-13,16-19,39-40H,14-15,20-34H2,1-9H3,(H2,50,61)(H,51,57)(H,52,62)/t40-/m0/s1. The molecule has 0 bridgehead atoms. The number of alkyl carbamates (subject to hydrolysis) is 1. The first-order valence-electron chi connectivity index (χ1n) is 23.2. The first-order valence-corrected chi connectivity index (χ1v) is 23.2. The minimum Gasteiger partial charge on any atom is -0.459 e. The van der Waals surface area contributed by atoms with Gasteiger partial charge < -0.3 is 35.3 Å². The first kappa shape index (κ1) is 53.5. The Morgan fingerprint density at radius 1 is 0.591 bits per heavy atom. The molecule has 66 heavy (non-hydrogen) atoms. The zero-order valence-electron chi connectivity index (χ0n) is 40.7. The van der Waals surface area contributed by atoms with Gasteiger partial charge in [-0.15, -0.1) is 0 Å². The molecule has 366 valence electrons. The van der Waals surface area contributed by atoms with Crippen LogP contribution in [-0.4, -0.2) is 170 Å². The van der Waals surface area contributed by atoms with Gasteiger partial charge in [-0.3, -0.25) is 43.6 Å². The lowest BCUT2D eigenvalue weighted by molar-refractivity contribution is -0.158. The lowest BCUT2D eigenvalue weighted by atomic mass is 9.98. The Morgan fingerprint density at radius 2 is 0.970 bits per heavy atom. The highest BCUT2D eigenvalue weighted by atomic mass is 16.6. The van der Waals surface area contributed by atoms with Crippen molar-refractivity contribution < 1.29 is 47.7 Å². The largest absolute Gasteiger partial charge is 0.459 e. The van der Waals surface area contributed by atoms with Crippen LogP contribution < -0.4 is 16.4 Å². The molecule has 4 N–H and O–H groups in total. The van der Waals surface area contributed by atoms with Gasteiger partial charge in [-0.2, -0.15) is 0 Å². The molecule has 17 nitrogen and oxygen atoms in total. The Labute approximate surface area is 391 Å². The molecule has 1 aliphatic heterocycles. The van der Waals surface area contributed by atoms with Crippen LogP contribution in [-0.2, 0) is 42.9 Å². The molecule has 3 amide bonds. The van der Waals surface area contributed by atoms with Crippen LogP contribution in [0, 0.1) is 0 Å². The fourth-order valence-corrected chi connectivity index (χ4v) is 7.91. The molecule has 0 spiro atoms. The van der Waals surface area contributed by atoms with Crippen molar-refractivity contribution in [3.05, 3.63) is 59.7 Å². The van der Waals surface area contributed by atoms with Gasteiger partial charge in [0.15, 0.2) is 0 Å². The predicted molar refractivity (Wildman–Crippen MR) is 251 cm³/mol. The second-order valence-corrected chi connectivity index (χ2v) is 20.1. The van der Waals surface area contributed by atoms with Gasteiger partial charge >= 0.3 is 24.0 Å². The molecular weight excluding hydrogens is 847 g/mol. The van der Waals surface area contributed by atoms with Crippen molar-refractivity contribution in [1.29, 1.82) is 0 Å². The molecule has 0 radical (unpaired) electrons. The first-order chi connectivity index (χ1) is 30.9. The second-order valence-electron chi connectivity index (χ2n) is 20.1. The fourth-order valence-electron chi connectivity index (χ4n) is 7.91. The Balaban J connectivity index is 1.33. The molecule has 2 aromatic rings. The van der Waals surface area contributed by atoms with Gasteiger partial charge in [-0.05, 0) is 104 Å². The Kier molecular flexibility index (Phi) is 20.0. The smallest absolute Gasteiger partial charge is 0.407 e. The number of nitrogens with zero attached hydrogens (tertiary/aromatic N) is 4. The molecule has 1 aliphatic carbocycles. The van der Waals surface area contributed by atoms with Crippen LogP contribution in [0.3, 0.4) is 0 Å². The molecule has 0 unspecified atom stereocenters. The number of hydrogen-bond acceptors (Lipinski definition) is 14. The maximum Gasteiger partial charge on any atom is 0.407 e. The van der Waals surface area contributed by atoms with E-state index >= 15 is 0 Å². The molecule has 17 heteroatoms. The lowest BCUT2D eigenvalue weighted by Gasteiger charge is -2.34. The van der Waals surface area contributed by atoms with Crippen LogP contribution in [0.2, 0.25) is 0 Å². The molecule has 2 aliphatic rings. The molecule has 1 atom stereocenters.